The predicted octanol–water partition coefficient (Wildman–Crippen LogP) is 4.05. The van der Waals surface area contributed by atoms with Crippen LogP contribution >= 0.6 is 0 Å². The summed E-state index contributed by atoms with van der Waals surface area (Å²) in [5.74, 6) is 1.32. The maximum Gasteiger partial charge on any atom is 0.407 e. The van der Waals surface area contributed by atoms with Gasteiger partial charge in [-0.15, -0.1) is 0 Å². The Balaban J connectivity index is 1.35. The molecule has 4 nitrogen and oxygen atoms in total. The molecule has 2 heterocycles. The van der Waals surface area contributed by atoms with Gasteiger partial charge in [-0.05, 0) is 54.2 Å². The van der Waals surface area contributed by atoms with Crippen molar-refractivity contribution >= 4 is 6.09 Å². The van der Waals surface area contributed by atoms with Gasteiger partial charge in [0.05, 0.1) is 5.54 Å². The summed E-state index contributed by atoms with van der Waals surface area (Å²) in [6, 6.07) is 9.92. The molecule has 1 saturated carbocycles. The van der Waals surface area contributed by atoms with Crippen LogP contribution in [0.4, 0.5) is 4.79 Å². The molecular weight excluding hydrogens is 324 g/mol. The van der Waals surface area contributed by atoms with Crippen LogP contribution < -0.4 is 5.32 Å². The van der Waals surface area contributed by atoms with E-state index in [1.165, 1.54) is 17.5 Å². The van der Waals surface area contributed by atoms with Crippen molar-refractivity contribution in [3.8, 4) is 0 Å². The Kier molecular flexibility index (Phi) is 4.30. The van der Waals surface area contributed by atoms with Crippen LogP contribution in [0.2, 0.25) is 0 Å². The molecule has 4 heteroatoms. The van der Waals surface area contributed by atoms with Crippen molar-refractivity contribution in [3.05, 3.63) is 35.4 Å². The van der Waals surface area contributed by atoms with E-state index >= 15 is 0 Å². The van der Waals surface area contributed by atoms with Gasteiger partial charge in [0.2, 0.25) is 0 Å². The second-order valence-corrected chi connectivity index (χ2v) is 9.78. The van der Waals surface area contributed by atoms with E-state index in [1.54, 1.807) is 0 Å². The average molecular weight is 357 g/mol. The molecular formula is C22H32N2O2. The highest BCUT2D eigenvalue weighted by atomic mass is 16.6. The van der Waals surface area contributed by atoms with Crippen LogP contribution in [0.3, 0.4) is 0 Å². The standard InChI is InChI=1S/C22H32N2O2/c1-15-13-24(18-11-22(12-18)14-26-20(25)23-22)10-9-19(15)16-5-7-17(8-6-16)21(2,3)4/h5-8,15,18-19H,9-14H2,1-4H3,(H,23,25)/t15-,18?,19+,22?/m0/s1. The smallest absolute Gasteiger partial charge is 0.407 e. The molecule has 0 radical (unpaired) electrons. The Morgan fingerprint density at radius 3 is 2.42 bits per heavy atom. The first kappa shape index (κ1) is 17.8. The van der Waals surface area contributed by atoms with Gasteiger partial charge in [0.15, 0.2) is 0 Å². The fourth-order valence-electron chi connectivity index (χ4n) is 5.05. The number of amides is 1. The molecule has 3 aliphatic rings. The van der Waals surface area contributed by atoms with E-state index in [9.17, 15) is 4.79 Å². The number of hydrogen-bond donors (Lipinski definition) is 1. The van der Waals surface area contributed by atoms with E-state index in [0.29, 0.717) is 24.5 Å². The van der Waals surface area contributed by atoms with Crippen molar-refractivity contribution in [1.82, 2.24) is 10.2 Å². The van der Waals surface area contributed by atoms with Gasteiger partial charge in [-0.1, -0.05) is 52.0 Å². The Hall–Kier alpha value is -1.55. The number of piperidine rings is 1. The summed E-state index contributed by atoms with van der Waals surface area (Å²) < 4.78 is 5.11. The summed E-state index contributed by atoms with van der Waals surface area (Å²) in [4.78, 5) is 14.0. The largest absolute Gasteiger partial charge is 0.447 e. The zero-order valence-electron chi connectivity index (χ0n) is 16.5. The molecule has 3 fully saturated rings. The lowest BCUT2D eigenvalue weighted by atomic mass is 9.71. The van der Waals surface area contributed by atoms with E-state index in [-0.39, 0.29) is 17.0 Å². The summed E-state index contributed by atoms with van der Waals surface area (Å²) in [5.41, 5.74) is 3.05. The van der Waals surface area contributed by atoms with Gasteiger partial charge < -0.3 is 10.1 Å². The van der Waals surface area contributed by atoms with Crippen LogP contribution in [0.15, 0.2) is 24.3 Å². The molecule has 2 saturated heterocycles. The van der Waals surface area contributed by atoms with Crippen LogP contribution in [-0.2, 0) is 10.2 Å². The second kappa shape index (κ2) is 6.26. The van der Waals surface area contributed by atoms with Crippen molar-refractivity contribution in [2.75, 3.05) is 19.7 Å². The van der Waals surface area contributed by atoms with Crippen LogP contribution in [-0.4, -0.2) is 42.3 Å². The number of likely N-dealkylation sites (tertiary alicyclic amines) is 1. The zero-order chi connectivity index (χ0) is 18.5. The molecule has 26 heavy (non-hydrogen) atoms. The fraction of sp³-hybridized carbons (Fsp3) is 0.682. The van der Waals surface area contributed by atoms with E-state index in [1.807, 2.05) is 0 Å². The van der Waals surface area contributed by atoms with Crippen LogP contribution in [0.1, 0.15) is 64.0 Å². The maximum absolute atomic E-state index is 11.3. The number of cyclic esters (lactones) is 1. The molecule has 1 spiro atoms. The van der Waals surface area contributed by atoms with Crippen molar-refractivity contribution in [1.29, 1.82) is 0 Å². The lowest BCUT2D eigenvalue weighted by Crippen LogP contribution is -2.63. The first-order chi connectivity index (χ1) is 12.3. The van der Waals surface area contributed by atoms with Gasteiger partial charge in [-0.25, -0.2) is 4.79 Å². The molecule has 1 amide bonds. The van der Waals surface area contributed by atoms with Gasteiger partial charge in [-0.3, -0.25) is 4.90 Å². The summed E-state index contributed by atoms with van der Waals surface area (Å²) in [5, 5.41) is 3.01. The van der Waals surface area contributed by atoms with Gasteiger partial charge in [0.25, 0.3) is 0 Å². The molecule has 4 rings (SSSR count). The predicted molar refractivity (Wildman–Crippen MR) is 103 cm³/mol. The molecule has 1 N–H and O–H groups in total. The van der Waals surface area contributed by atoms with Gasteiger partial charge in [0, 0.05) is 12.6 Å². The van der Waals surface area contributed by atoms with Crippen LogP contribution in [0.5, 0.6) is 0 Å². The Labute approximate surface area is 157 Å². The molecule has 1 aromatic carbocycles. The number of nitrogens with zero attached hydrogens (tertiary/aromatic N) is 1. The second-order valence-electron chi connectivity index (χ2n) is 9.78. The Bertz CT molecular complexity index is 670. The summed E-state index contributed by atoms with van der Waals surface area (Å²) in [6.45, 7) is 12.1. The molecule has 142 valence electrons. The highest BCUT2D eigenvalue weighted by Gasteiger charge is 2.52. The third-order valence-corrected chi connectivity index (χ3v) is 6.76. The number of carbonyl (C=O) groups excluding carboxylic acids is 1. The lowest BCUT2D eigenvalue weighted by molar-refractivity contribution is 0.0109. The highest BCUT2D eigenvalue weighted by molar-refractivity contribution is 5.71. The van der Waals surface area contributed by atoms with E-state index in [0.717, 1.165) is 25.9 Å². The SMILES string of the molecule is C[C@H]1CN(C2CC3(COC(=O)N3)C2)CC[C@H]1c1ccc(C(C)(C)C)cc1. The highest BCUT2D eigenvalue weighted by Crippen LogP contribution is 2.42. The van der Waals surface area contributed by atoms with Gasteiger partial charge in [-0.2, -0.15) is 0 Å². The number of benzene rings is 1. The zero-order valence-corrected chi connectivity index (χ0v) is 16.5. The monoisotopic (exact) mass is 356 g/mol. The number of rotatable bonds is 2. The third-order valence-electron chi connectivity index (χ3n) is 6.76. The molecule has 0 aromatic heterocycles. The van der Waals surface area contributed by atoms with Crippen molar-refractivity contribution in [3.63, 3.8) is 0 Å². The number of alkyl carbamates (subject to hydrolysis) is 1. The quantitative estimate of drug-likeness (QED) is 0.869. The Morgan fingerprint density at radius 1 is 1.19 bits per heavy atom. The number of carbonyl (C=O) groups is 1. The molecule has 1 aromatic rings. The normalized spacial score (nSPS) is 35.1. The summed E-state index contributed by atoms with van der Waals surface area (Å²) in [7, 11) is 0. The topological polar surface area (TPSA) is 41.6 Å². The summed E-state index contributed by atoms with van der Waals surface area (Å²) in [6.07, 6.45) is 3.06. The maximum atomic E-state index is 11.3. The van der Waals surface area contributed by atoms with Crippen molar-refractivity contribution < 1.29 is 9.53 Å². The van der Waals surface area contributed by atoms with E-state index < -0.39 is 0 Å². The minimum atomic E-state index is -0.241. The number of hydrogen-bond acceptors (Lipinski definition) is 3. The van der Waals surface area contributed by atoms with Crippen molar-refractivity contribution in [2.24, 2.45) is 5.92 Å². The van der Waals surface area contributed by atoms with Gasteiger partial charge >= 0.3 is 6.09 Å². The average Bonchev–Trinajstić information content (AvgIpc) is 2.95. The van der Waals surface area contributed by atoms with Crippen LogP contribution in [0, 0.1) is 5.92 Å². The molecule has 2 aliphatic heterocycles. The van der Waals surface area contributed by atoms with E-state index in [4.69, 9.17) is 4.74 Å². The number of nitrogens with one attached hydrogen (secondary N) is 1. The molecule has 0 unspecified atom stereocenters. The van der Waals surface area contributed by atoms with Gasteiger partial charge in [0.1, 0.15) is 6.61 Å². The van der Waals surface area contributed by atoms with Crippen LogP contribution in [0.25, 0.3) is 0 Å². The Morgan fingerprint density at radius 2 is 1.88 bits per heavy atom. The fourth-order valence-corrected chi connectivity index (χ4v) is 5.05. The first-order valence-corrected chi connectivity index (χ1v) is 10.1. The summed E-state index contributed by atoms with van der Waals surface area (Å²) >= 11 is 0. The minimum absolute atomic E-state index is 0.0649. The first-order valence-electron chi connectivity index (χ1n) is 10.1. The van der Waals surface area contributed by atoms with E-state index in [2.05, 4.69) is 62.2 Å². The molecule has 0 bridgehead atoms. The lowest BCUT2D eigenvalue weighted by Gasteiger charge is -2.51. The minimum Gasteiger partial charge on any atom is -0.447 e. The van der Waals surface area contributed by atoms with Crippen molar-refractivity contribution in [2.45, 2.75) is 69.9 Å². The molecule has 2 atom stereocenters. The molecule has 1 aliphatic carbocycles. The third kappa shape index (κ3) is 3.24. The number of ether oxygens (including phenoxy) is 1.